The minimum Gasteiger partial charge on any atom is -0.329 e. The van der Waals surface area contributed by atoms with Crippen LogP contribution in [0.1, 0.15) is 19.8 Å². The molecule has 7 heteroatoms. The normalized spacial score (nSPS) is 26.4. The van der Waals surface area contributed by atoms with Crippen LogP contribution in [0, 0.1) is 5.92 Å². The third kappa shape index (κ3) is 2.58. The van der Waals surface area contributed by atoms with E-state index in [0.29, 0.717) is 27.6 Å². The molecule has 1 fully saturated rings. The molecule has 1 saturated heterocycles. The highest BCUT2D eigenvalue weighted by molar-refractivity contribution is 7.91. The summed E-state index contributed by atoms with van der Waals surface area (Å²) < 4.78 is 27.4. The van der Waals surface area contributed by atoms with E-state index in [1.807, 2.05) is 0 Å². The van der Waals surface area contributed by atoms with Gasteiger partial charge in [0, 0.05) is 19.1 Å². The molecule has 0 aromatic carbocycles. The summed E-state index contributed by atoms with van der Waals surface area (Å²) in [5.41, 5.74) is 5.74. The number of halogens is 1. The standard InChI is InChI=1S/C11H17ClN2O2S2/c1-8-3-2-6-14(9(8)7-13)18(15,16)11-5-4-10(12)17-11/h4-5,8-9H,2-3,6-7,13H2,1H3. The summed E-state index contributed by atoms with van der Waals surface area (Å²) in [6, 6.07) is 3.07. The highest BCUT2D eigenvalue weighted by Crippen LogP contribution is 2.33. The van der Waals surface area contributed by atoms with Gasteiger partial charge in [-0.3, -0.25) is 0 Å². The molecule has 0 aliphatic carbocycles. The predicted molar refractivity (Wildman–Crippen MR) is 74.5 cm³/mol. The lowest BCUT2D eigenvalue weighted by Gasteiger charge is -2.37. The first-order valence-corrected chi connectivity index (χ1v) is 8.57. The van der Waals surface area contributed by atoms with E-state index in [9.17, 15) is 8.42 Å². The number of thiophene rings is 1. The van der Waals surface area contributed by atoms with Gasteiger partial charge >= 0.3 is 0 Å². The monoisotopic (exact) mass is 308 g/mol. The maximum absolute atomic E-state index is 12.5. The van der Waals surface area contributed by atoms with Gasteiger partial charge < -0.3 is 5.73 Å². The van der Waals surface area contributed by atoms with Gasteiger partial charge in [0.25, 0.3) is 10.0 Å². The lowest BCUT2D eigenvalue weighted by Crippen LogP contribution is -2.51. The van der Waals surface area contributed by atoms with Crippen molar-refractivity contribution in [2.75, 3.05) is 13.1 Å². The third-order valence-corrected chi connectivity index (χ3v) is 7.04. The summed E-state index contributed by atoms with van der Waals surface area (Å²) in [4.78, 5) is 0. The summed E-state index contributed by atoms with van der Waals surface area (Å²) in [6.45, 7) is 2.96. The zero-order valence-corrected chi connectivity index (χ0v) is 12.6. The maximum atomic E-state index is 12.5. The van der Waals surface area contributed by atoms with Crippen molar-refractivity contribution in [3.05, 3.63) is 16.5 Å². The molecule has 4 nitrogen and oxygen atoms in total. The number of piperidine rings is 1. The van der Waals surface area contributed by atoms with Gasteiger partial charge in [-0.25, -0.2) is 8.42 Å². The van der Waals surface area contributed by atoms with E-state index in [4.69, 9.17) is 17.3 Å². The van der Waals surface area contributed by atoms with Gasteiger partial charge in [-0.1, -0.05) is 18.5 Å². The second-order valence-electron chi connectivity index (χ2n) is 4.60. The van der Waals surface area contributed by atoms with Gasteiger partial charge in [-0.2, -0.15) is 4.31 Å². The fraction of sp³-hybridized carbons (Fsp3) is 0.636. The second kappa shape index (κ2) is 5.46. The minimum atomic E-state index is -3.45. The lowest BCUT2D eigenvalue weighted by molar-refractivity contribution is 0.193. The Morgan fingerprint density at radius 3 is 2.83 bits per heavy atom. The van der Waals surface area contributed by atoms with E-state index in [1.54, 1.807) is 16.4 Å². The molecule has 0 amide bonds. The number of hydrogen-bond acceptors (Lipinski definition) is 4. The van der Waals surface area contributed by atoms with Crippen molar-refractivity contribution in [2.24, 2.45) is 11.7 Å². The van der Waals surface area contributed by atoms with Gasteiger partial charge in [0.2, 0.25) is 0 Å². The van der Waals surface area contributed by atoms with Crippen LogP contribution in [0.5, 0.6) is 0 Å². The molecule has 18 heavy (non-hydrogen) atoms. The Kier molecular flexibility index (Phi) is 4.33. The molecule has 0 spiro atoms. The molecule has 1 aromatic heterocycles. The Morgan fingerprint density at radius 1 is 1.56 bits per heavy atom. The highest BCUT2D eigenvalue weighted by Gasteiger charge is 2.37. The number of nitrogens with zero attached hydrogens (tertiary/aromatic N) is 1. The molecule has 2 atom stereocenters. The van der Waals surface area contributed by atoms with E-state index in [2.05, 4.69) is 6.92 Å². The zero-order valence-electron chi connectivity index (χ0n) is 10.2. The SMILES string of the molecule is CC1CCCN(S(=O)(=O)c2ccc(Cl)s2)C1CN. The fourth-order valence-electron chi connectivity index (χ4n) is 2.41. The molecule has 2 heterocycles. The predicted octanol–water partition coefficient (Wildman–Crippen LogP) is 2.15. The topological polar surface area (TPSA) is 63.4 Å². The van der Waals surface area contributed by atoms with Crippen molar-refractivity contribution in [1.29, 1.82) is 0 Å². The van der Waals surface area contributed by atoms with Crippen molar-refractivity contribution in [3.63, 3.8) is 0 Å². The molecule has 2 N–H and O–H groups in total. The number of sulfonamides is 1. The molecule has 102 valence electrons. The molecule has 1 aromatic rings. The molecular weight excluding hydrogens is 292 g/mol. The molecule has 2 unspecified atom stereocenters. The number of nitrogens with two attached hydrogens (primary N) is 1. The first-order chi connectivity index (χ1) is 8.46. The summed E-state index contributed by atoms with van der Waals surface area (Å²) in [7, 11) is -3.45. The Balaban J connectivity index is 2.34. The second-order valence-corrected chi connectivity index (χ2v) is 8.43. The van der Waals surface area contributed by atoms with Crippen LogP contribution in [-0.2, 0) is 10.0 Å². The molecule has 1 aliphatic heterocycles. The van der Waals surface area contributed by atoms with Crippen LogP contribution >= 0.6 is 22.9 Å². The molecule has 0 radical (unpaired) electrons. The Labute approximate surface area is 117 Å². The van der Waals surface area contributed by atoms with E-state index >= 15 is 0 Å². The van der Waals surface area contributed by atoms with E-state index in [0.717, 1.165) is 24.2 Å². The molecule has 2 rings (SSSR count). The average Bonchev–Trinajstić information content (AvgIpc) is 2.76. The minimum absolute atomic E-state index is 0.107. The molecule has 0 bridgehead atoms. The van der Waals surface area contributed by atoms with Crippen LogP contribution in [0.3, 0.4) is 0 Å². The van der Waals surface area contributed by atoms with Gasteiger partial charge in [-0.05, 0) is 30.9 Å². The fourth-order valence-corrected chi connectivity index (χ4v) is 5.79. The van der Waals surface area contributed by atoms with Crippen molar-refractivity contribution in [2.45, 2.75) is 30.0 Å². The molecule has 1 aliphatic rings. The van der Waals surface area contributed by atoms with Crippen LogP contribution in [0.25, 0.3) is 0 Å². The first-order valence-electron chi connectivity index (χ1n) is 5.94. The van der Waals surface area contributed by atoms with E-state index < -0.39 is 10.0 Å². The lowest BCUT2D eigenvalue weighted by atomic mass is 9.93. The largest absolute Gasteiger partial charge is 0.329 e. The van der Waals surface area contributed by atoms with Gasteiger partial charge in [0.15, 0.2) is 0 Å². The van der Waals surface area contributed by atoms with Crippen LogP contribution < -0.4 is 5.73 Å². The van der Waals surface area contributed by atoms with Crippen molar-refractivity contribution in [3.8, 4) is 0 Å². The number of hydrogen-bond donors (Lipinski definition) is 1. The van der Waals surface area contributed by atoms with Crippen molar-refractivity contribution >= 4 is 33.0 Å². The number of rotatable bonds is 3. The molecular formula is C11H17ClN2O2S2. The van der Waals surface area contributed by atoms with Gasteiger partial charge in [0.05, 0.1) is 4.34 Å². The first kappa shape index (κ1) is 14.3. The third-order valence-electron chi connectivity index (χ3n) is 3.42. The van der Waals surface area contributed by atoms with Crippen LogP contribution in [0.15, 0.2) is 16.3 Å². The van der Waals surface area contributed by atoms with Crippen LogP contribution in [-0.4, -0.2) is 31.9 Å². The Hall–Kier alpha value is -0.140. The van der Waals surface area contributed by atoms with Gasteiger partial charge in [0.1, 0.15) is 4.21 Å². The highest BCUT2D eigenvalue weighted by atomic mass is 35.5. The smallest absolute Gasteiger partial charge is 0.252 e. The van der Waals surface area contributed by atoms with Crippen LogP contribution in [0.2, 0.25) is 4.34 Å². The summed E-state index contributed by atoms with van der Waals surface area (Å²) >= 11 is 6.91. The zero-order chi connectivity index (χ0) is 13.3. The Bertz CT molecular complexity index is 515. The maximum Gasteiger partial charge on any atom is 0.252 e. The van der Waals surface area contributed by atoms with E-state index in [1.165, 1.54) is 0 Å². The van der Waals surface area contributed by atoms with E-state index in [-0.39, 0.29) is 6.04 Å². The summed E-state index contributed by atoms with van der Waals surface area (Å²) in [5.74, 6) is 0.300. The van der Waals surface area contributed by atoms with Gasteiger partial charge in [-0.15, -0.1) is 11.3 Å². The summed E-state index contributed by atoms with van der Waals surface area (Å²) in [6.07, 6.45) is 1.91. The Morgan fingerprint density at radius 2 is 2.28 bits per heavy atom. The van der Waals surface area contributed by atoms with Crippen LogP contribution in [0.4, 0.5) is 0 Å². The quantitative estimate of drug-likeness (QED) is 0.930. The summed E-state index contributed by atoms with van der Waals surface area (Å²) in [5, 5.41) is 0. The average molecular weight is 309 g/mol. The van der Waals surface area contributed by atoms with Crippen molar-refractivity contribution < 1.29 is 8.42 Å². The van der Waals surface area contributed by atoms with Crippen molar-refractivity contribution in [1.82, 2.24) is 4.31 Å². The molecule has 0 saturated carbocycles.